The second-order valence-corrected chi connectivity index (χ2v) is 2.89. The first-order chi connectivity index (χ1) is 5.74. The number of amides is 1. The van der Waals surface area contributed by atoms with Crippen molar-refractivity contribution in [2.45, 2.75) is 31.7 Å². The van der Waals surface area contributed by atoms with E-state index in [0.29, 0.717) is 12.8 Å². The molecule has 1 N–H and O–H groups in total. The highest BCUT2D eigenvalue weighted by Crippen LogP contribution is 2.09. The summed E-state index contributed by atoms with van der Waals surface area (Å²) in [7, 11) is 1.33. The fourth-order valence-electron chi connectivity index (χ4n) is 1.29. The molecule has 1 amide bonds. The molecule has 12 heavy (non-hydrogen) atoms. The molecule has 0 aliphatic carbocycles. The Bertz CT molecular complexity index is 191. The highest BCUT2D eigenvalue weighted by Gasteiger charge is 2.23. The summed E-state index contributed by atoms with van der Waals surface area (Å²) in [5.74, 6) is -0.395. The lowest BCUT2D eigenvalue weighted by molar-refractivity contribution is -0.144. The van der Waals surface area contributed by atoms with E-state index in [1.807, 2.05) is 0 Å². The average Bonchev–Trinajstić information content (AvgIpc) is 2.28. The van der Waals surface area contributed by atoms with E-state index in [4.69, 9.17) is 0 Å². The summed E-state index contributed by atoms with van der Waals surface area (Å²) in [5.41, 5.74) is 0. The number of nitrogens with one attached hydrogen (secondary N) is 1. The Morgan fingerprint density at radius 3 is 3.00 bits per heavy atom. The van der Waals surface area contributed by atoms with Crippen LogP contribution in [-0.2, 0) is 14.3 Å². The number of ether oxygens (including phenoxy) is 1. The van der Waals surface area contributed by atoms with Crippen LogP contribution in [0, 0.1) is 0 Å². The molecule has 1 unspecified atom stereocenters. The van der Waals surface area contributed by atoms with Crippen LogP contribution in [0.4, 0.5) is 0 Å². The molecule has 0 aromatic rings. The van der Waals surface area contributed by atoms with Gasteiger partial charge in [0.1, 0.15) is 6.04 Å². The van der Waals surface area contributed by atoms with Gasteiger partial charge >= 0.3 is 5.97 Å². The molecule has 1 aliphatic rings. The van der Waals surface area contributed by atoms with Crippen molar-refractivity contribution >= 4 is 11.9 Å². The van der Waals surface area contributed by atoms with Gasteiger partial charge in [-0.3, -0.25) is 4.79 Å². The van der Waals surface area contributed by atoms with Crippen molar-refractivity contribution in [1.29, 1.82) is 0 Å². The van der Waals surface area contributed by atoms with E-state index < -0.39 is 6.04 Å². The van der Waals surface area contributed by atoms with Crippen LogP contribution in [-0.4, -0.2) is 25.0 Å². The predicted molar refractivity (Wildman–Crippen MR) is 42.4 cm³/mol. The van der Waals surface area contributed by atoms with Crippen LogP contribution in [0.1, 0.15) is 25.7 Å². The van der Waals surface area contributed by atoms with Gasteiger partial charge in [0, 0.05) is 6.42 Å². The van der Waals surface area contributed by atoms with Crippen molar-refractivity contribution < 1.29 is 14.3 Å². The lowest BCUT2D eigenvalue weighted by atomic mass is 10.1. The number of carbonyl (C=O) groups is 2. The van der Waals surface area contributed by atoms with E-state index in [0.717, 1.165) is 12.8 Å². The Morgan fingerprint density at radius 1 is 1.58 bits per heavy atom. The van der Waals surface area contributed by atoms with Gasteiger partial charge in [0.2, 0.25) is 5.91 Å². The summed E-state index contributed by atoms with van der Waals surface area (Å²) in [6, 6.07) is -0.426. The minimum Gasteiger partial charge on any atom is -0.467 e. The minimum atomic E-state index is -0.426. The van der Waals surface area contributed by atoms with Crippen LogP contribution in [0.2, 0.25) is 0 Å². The van der Waals surface area contributed by atoms with E-state index in [-0.39, 0.29) is 11.9 Å². The minimum absolute atomic E-state index is 0.0529. The van der Waals surface area contributed by atoms with E-state index in [1.165, 1.54) is 7.11 Å². The molecule has 0 spiro atoms. The zero-order valence-electron chi connectivity index (χ0n) is 7.13. The number of esters is 1. The van der Waals surface area contributed by atoms with Crippen LogP contribution in [0.15, 0.2) is 0 Å². The van der Waals surface area contributed by atoms with Gasteiger partial charge in [0.25, 0.3) is 0 Å². The molecule has 1 heterocycles. The third kappa shape index (κ3) is 2.22. The summed E-state index contributed by atoms with van der Waals surface area (Å²) in [6.07, 6.45) is 2.98. The van der Waals surface area contributed by atoms with Gasteiger partial charge < -0.3 is 10.1 Å². The third-order valence-electron chi connectivity index (χ3n) is 1.97. The molecule has 0 aromatic heterocycles. The van der Waals surface area contributed by atoms with Gasteiger partial charge in [-0.15, -0.1) is 0 Å². The molecular formula is C8H13NO3. The Kier molecular flexibility index (Phi) is 3.08. The maximum Gasteiger partial charge on any atom is 0.328 e. The van der Waals surface area contributed by atoms with Crippen LogP contribution in [0.3, 0.4) is 0 Å². The van der Waals surface area contributed by atoms with Crippen LogP contribution >= 0.6 is 0 Å². The van der Waals surface area contributed by atoms with Gasteiger partial charge in [-0.25, -0.2) is 4.79 Å². The first-order valence-electron chi connectivity index (χ1n) is 4.11. The summed E-state index contributed by atoms with van der Waals surface area (Å²) in [5, 5.41) is 2.62. The molecule has 1 aliphatic heterocycles. The van der Waals surface area contributed by atoms with E-state index in [9.17, 15) is 9.59 Å². The molecular weight excluding hydrogens is 158 g/mol. The summed E-state index contributed by atoms with van der Waals surface area (Å²) in [6.45, 7) is 0. The third-order valence-corrected chi connectivity index (χ3v) is 1.97. The number of rotatable bonds is 1. The molecule has 1 saturated heterocycles. The Labute approximate surface area is 71.3 Å². The zero-order chi connectivity index (χ0) is 8.97. The van der Waals surface area contributed by atoms with E-state index >= 15 is 0 Å². The maximum atomic E-state index is 11.0. The first kappa shape index (κ1) is 9.03. The Balaban J connectivity index is 2.51. The fourth-order valence-corrected chi connectivity index (χ4v) is 1.29. The molecule has 4 heteroatoms. The van der Waals surface area contributed by atoms with Gasteiger partial charge in [0.15, 0.2) is 0 Å². The van der Waals surface area contributed by atoms with Gasteiger partial charge in [-0.2, -0.15) is 0 Å². The molecule has 1 atom stereocenters. The number of carbonyl (C=O) groups excluding carboxylic acids is 2. The summed E-state index contributed by atoms with van der Waals surface area (Å²) < 4.78 is 4.54. The van der Waals surface area contributed by atoms with E-state index in [1.54, 1.807) is 0 Å². The monoisotopic (exact) mass is 171 g/mol. The van der Waals surface area contributed by atoms with E-state index in [2.05, 4.69) is 10.1 Å². The SMILES string of the molecule is COC(=O)C1CCCCC(=O)N1. The second kappa shape index (κ2) is 4.09. The van der Waals surface area contributed by atoms with Crippen molar-refractivity contribution in [3.05, 3.63) is 0 Å². The molecule has 0 saturated carbocycles. The van der Waals surface area contributed by atoms with Gasteiger partial charge in [-0.05, 0) is 12.8 Å². The van der Waals surface area contributed by atoms with Crippen molar-refractivity contribution in [3.8, 4) is 0 Å². The van der Waals surface area contributed by atoms with Crippen LogP contribution in [0.25, 0.3) is 0 Å². The number of hydrogen-bond donors (Lipinski definition) is 1. The molecule has 0 aromatic carbocycles. The Morgan fingerprint density at radius 2 is 2.33 bits per heavy atom. The van der Waals surface area contributed by atoms with Crippen molar-refractivity contribution in [2.24, 2.45) is 0 Å². The Hall–Kier alpha value is -1.06. The smallest absolute Gasteiger partial charge is 0.328 e. The molecule has 0 bridgehead atoms. The van der Waals surface area contributed by atoms with Gasteiger partial charge in [0.05, 0.1) is 7.11 Å². The fraction of sp³-hybridized carbons (Fsp3) is 0.750. The van der Waals surface area contributed by atoms with Crippen molar-refractivity contribution in [1.82, 2.24) is 5.32 Å². The number of hydrogen-bond acceptors (Lipinski definition) is 3. The normalized spacial score (nSPS) is 24.1. The maximum absolute atomic E-state index is 11.0. The van der Waals surface area contributed by atoms with Crippen LogP contribution < -0.4 is 5.32 Å². The molecule has 4 nitrogen and oxygen atoms in total. The highest BCUT2D eigenvalue weighted by atomic mass is 16.5. The first-order valence-corrected chi connectivity index (χ1v) is 4.11. The van der Waals surface area contributed by atoms with Crippen molar-refractivity contribution in [2.75, 3.05) is 7.11 Å². The van der Waals surface area contributed by atoms with Gasteiger partial charge in [-0.1, -0.05) is 6.42 Å². The lowest BCUT2D eigenvalue weighted by Gasteiger charge is -2.11. The average molecular weight is 171 g/mol. The highest BCUT2D eigenvalue weighted by molar-refractivity contribution is 5.84. The molecule has 68 valence electrons. The van der Waals surface area contributed by atoms with Crippen molar-refractivity contribution in [3.63, 3.8) is 0 Å². The summed E-state index contributed by atoms with van der Waals surface area (Å²) >= 11 is 0. The summed E-state index contributed by atoms with van der Waals surface area (Å²) in [4.78, 5) is 22.0. The zero-order valence-corrected chi connectivity index (χ0v) is 7.13. The number of methoxy groups -OCH3 is 1. The van der Waals surface area contributed by atoms with Crippen LogP contribution in [0.5, 0.6) is 0 Å². The predicted octanol–water partition coefficient (Wildman–Crippen LogP) is 0.218. The lowest BCUT2D eigenvalue weighted by Crippen LogP contribution is -2.39. The molecule has 0 radical (unpaired) electrons. The largest absolute Gasteiger partial charge is 0.467 e. The standard InChI is InChI=1S/C8H13NO3/c1-12-8(11)6-4-2-3-5-7(10)9-6/h6H,2-5H2,1H3,(H,9,10). The second-order valence-electron chi connectivity index (χ2n) is 2.89. The quantitative estimate of drug-likeness (QED) is 0.574. The molecule has 1 rings (SSSR count). The molecule has 1 fully saturated rings. The topological polar surface area (TPSA) is 55.4 Å².